The third kappa shape index (κ3) is 4.25. The molecule has 2 N–H and O–H groups in total. The van der Waals surface area contributed by atoms with Crippen molar-refractivity contribution in [1.82, 2.24) is 10.0 Å². The summed E-state index contributed by atoms with van der Waals surface area (Å²) in [6.45, 7) is 8.60. The summed E-state index contributed by atoms with van der Waals surface area (Å²) < 4.78 is 33.3. The van der Waals surface area contributed by atoms with E-state index in [-0.39, 0.29) is 10.9 Å². The fraction of sp³-hybridized carbons (Fsp3) is 0.692. The zero-order valence-electron chi connectivity index (χ0n) is 12.7. The van der Waals surface area contributed by atoms with Crippen LogP contribution in [0.1, 0.15) is 30.9 Å². The van der Waals surface area contributed by atoms with Crippen molar-refractivity contribution < 1.29 is 12.8 Å². The molecule has 1 aromatic heterocycles. The van der Waals surface area contributed by atoms with Crippen LogP contribution in [0.4, 0.5) is 0 Å². The van der Waals surface area contributed by atoms with Gasteiger partial charge in [-0.1, -0.05) is 6.92 Å². The van der Waals surface area contributed by atoms with Gasteiger partial charge in [-0.2, -0.15) is 11.8 Å². The first kappa shape index (κ1) is 17.6. The first-order valence-corrected chi connectivity index (χ1v) is 9.52. The van der Waals surface area contributed by atoms with Gasteiger partial charge in [-0.05, 0) is 33.6 Å². The van der Waals surface area contributed by atoms with Crippen molar-refractivity contribution in [2.24, 2.45) is 0 Å². The molecule has 116 valence electrons. The number of nitrogens with one attached hydrogen (secondary N) is 2. The highest BCUT2D eigenvalue weighted by Gasteiger charge is 2.27. The maximum absolute atomic E-state index is 12.5. The highest BCUT2D eigenvalue weighted by molar-refractivity contribution is 7.98. The summed E-state index contributed by atoms with van der Waals surface area (Å²) in [5.41, 5.74) is 0.716. The Hall–Kier alpha value is -0.500. The van der Waals surface area contributed by atoms with Crippen molar-refractivity contribution in [3.63, 3.8) is 0 Å². The number of rotatable bonds is 8. The van der Waals surface area contributed by atoms with Gasteiger partial charge in [0.05, 0.1) is 0 Å². The van der Waals surface area contributed by atoms with E-state index in [1.54, 1.807) is 25.6 Å². The van der Waals surface area contributed by atoms with E-state index < -0.39 is 10.0 Å². The molecule has 0 aromatic carbocycles. The Labute approximate surface area is 125 Å². The molecule has 1 atom stereocenters. The summed E-state index contributed by atoms with van der Waals surface area (Å²) in [6, 6.07) is -0.114. The SMILES string of the molecule is CCNCc1c(C)oc(C)c1S(=O)(=O)NC(C)CSC. The molecule has 5 nitrogen and oxygen atoms in total. The van der Waals surface area contributed by atoms with E-state index in [1.807, 2.05) is 20.1 Å². The second kappa shape index (κ2) is 7.49. The number of aryl methyl sites for hydroxylation is 2. The van der Waals surface area contributed by atoms with Gasteiger partial charge in [-0.3, -0.25) is 0 Å². The topological polar surface area (TPSA) is 71.3 Å². The Morgan fingerprint density at radius 3 is 2.50 bits per heavy atom. The molecule has 0 aliphatic heterocycles. The molecule has 0 spiro atoms. The molecule has 0 fully saturated rings. The van der Waals surface area contributed by atoms with Gasteiger partial charge in [0, 0.05) is 23.9 Å². The third-order valence-corrected chi connectivity index (χ3v) is 5.54. The molecule has 0 aliphatic carbocycles. The minimum Gasteiger partial charge on any atom is -0.465 e. The smallest absolute Gasteiger partial charge is 0.244 e. The lowest BCUT2D eigenvalue weighted by molar-refractivity contribution is 0.492. The zero-order chi connectivity index (χ0) is 15.3. The van der Waals surface area contributed by atoms with Crippen molar-refractivity contribution >= 4 is 21.8 Å². The van der Waals surface area contributed by atoms with Gasteiger partial charge in [0.25, 0.3) is 0 Å². The lowest BCUT2D eigenvalue weighted by atomic mass is 10.2. The quantitative estimate of drug-likeness (QED) is 0.767. The maximum atomic E-state index is 12.5. The summed E-state index contributed by atoms with van der Waals surface area (Å²) >= 11 is 1.61. The van der Waals surface area contributed by atoms with Crippen LogP contribution in [0.15, 0.2) is 9.31 Å². The van der Waals surface area contributed by atoms with Gasteiger partial charge in [-0.25, -0.2) is 13.1 Å². The maximum Gasteiger partial charge on any atom is 0.244 e. The van der Waals surface area contributed by atoms with Crippen LogP contribution in [0.3, 0.4) is 0 Å². The van der Waals surface area contributed by atoms with E-state index in [1.165, 1.54) is 0 Å². The number of hydrogen-bond donors (Lipinski definition) is 2. The Bertz CT molecular complexity index is 538. The van der Waals surface area contributed by atoms with E-state index >= 15 is 0 Å². The number of furan rings is 1. The van der Waals surface area contributed by atoms with Crippen LogP contribution in [-0.2, 0) is 16.6 Å². The first-order valence-electron chi connectivity index (χ1n) is 6.64. The lowest BCUT2D eigenvalue weighted by Crippen LogP contribution is -2.35. The van der Waals surface area contributed by atoms with Crippen molar-refractivity contribution in [2.45, 2.75) is 45.2 Å². The summed E-state index contributed by atoms with van der Waals surface area (Å²) in [5.74, 6) is 1.83. The van der Waals surface area contributed by atoms with Crippen molar-refractivity contribution in [3.8, 4) is 0 Å². The van der Waals surface area contributed by atoms with E-state index in [4.69, 9.17) is 4.42 Å². The first-order chi connectivity index (χ1) is 9.33. The molecule has 1 aromatic rings. The van der Waals surface area contributed by atoms with E-state index in [0.717, 1.165) is 12.3 Å². The average molecular weight is 320 g/mol. The van der Waals surface area contributed by atoms with Crippen LogP contribution in [-0.4, -0.2) is 33.0 Å². The normalized spacial score (nSPS) is 13.7. The third-order valence-electron chi connectivity index (χ3n) is 2.92. The molecule has 20 heavy (non-hydrogen) atoms. The van der Waals surface area contributed by atoms with Crippen LogP contribution in [0.25, 0.3) is 0 Å². The summed E-state index contributed by atoms with van der Waals surface area (Å²) in [6.07, 6.45) is 1.95. The largest absolute Gasteiger partial charge is 0.465 e. The van der Waals surface area contributed by atoms with Crippen LogP contribution >= 0.6 is 11.8 Å². The molecule has 1 rings (SSSR count). The summed E-state index contributed by atoms with van der Waals surface area (Å²) in [5, 5.41) is 3.15. The second-order valence-electron chi connectivity index (χ2n) is 4.78. The highest BCUT2D eigenvalue weighted by atomic mass is 32.2. The van der Waals surface area contributed by atoms with Crippen molar-refractivity contribution in [3.05, 3.63) is 17.1 Å². The van der Waals surface area contributed by atoms with Crippen LogP contribution < -0.4 is 10.0 Å². The fourth-order valence-corrected chi connectivity index (χ4v) is 4.50. The predicted molar refractivity (Wildman–Crippen MR) is 83.7 cm³/mol. The van der Waals surface area contributed by atoms with Gasteiger partial charge in [0.1, 0.15) is 16.4 Å². The zero-order valence-corrected chi connectivity index (χ0v) is 14.4. The molecule has 0 radical (unpaired) electrons. The van der Waals surface area contributed by atoms with Gasteiger partial charge < -0.3 is 9.73 Å². The average Bonchev–Trinajstić information content (AvgIpc) is 2.61. The highest BCUT2D eigenvalue weighted by Crippen LogP contribution is 2.26. The molecule has 1 heterocycles. The summed E-state index contributed by atoms with van der Waals surface area (Å²) in [7, 11) is -3.55. The van der Waals surface area contributed by atoms with Crippen LogP contribution in [0.5, 0.6) is 0 Å². The molecule has 0 saturated heterocycles. The van der Waals surface area contributed by atoms with Gasteiger partial charge in [0.15, 0.2) is 0 Å². The lowest BCUT2D eigenvalue weighted by Gasteiger charge is -2.14. The van der Waals surface area contributed by atoms with E-state index in [2.05, 4.69) is 10.0 Å². The molecule has 0 saturated carbocycles. The Morgan fingerprint density at radius 1 is 1.30 bits per heavy atom. The van der Waals surface area contributed by atoms with E-state index in [9.17, 15) is 8.42 Å². The molecule has 0 bridgehead atoms. The minimum absolute atomic E-state index is 0.114. The van der Waals surface area contributed by atoms with Gasteiger partial charge in [-0.15, -0.1) is 0 Å². The Morgan fingerprint density at radius 2 is 1.95 bits per heavy atom. The second-order valence-corrected chi connectivity index (χ2v) is 7.34. The number of sulfonamides is 1. The molecule has 7 heteroatoms. The molecular formula is C13H24N2O3S2. The molecule has 0 aliphatic rings. The fourth-order valence-electron chi connectivity index (χ4n) is 2.12. The van der Waals surface area contributed by atoms with Crippen LogP contribution in [0.2, 0.25) is 0 Å². The Balaban J connectivity index is 3.10. The summed E-state index contributed by atoms with van der Waals surface area (Å²) in [4.78, 5) is 0.281. The number of hydrogen-bond acceptors (Lipinski definition) is 5. The predicted octanol–water partition coefficient (Wildman–Crippen LogP) is 2.04. The monoisotopic (exact) mass is 320 g/mol. The molecule has 1 unspecified atom stereocenters. The molecular weight excluding hydrogens is 296 g/mol. The van der Waals surface area contributed by atoms with Crippen molar-refractivity contribution in [2.75, 3.05) is 18.6 Å². The van der Waals surface area contributed by atoms with Crippen molar-refractivity contribution in [1.29, 1.82) is 0 Å². The minimum atomic E-state index is -3.55. The Kier molecular flexibility index (Phi) is 6.57. The van der Waals surface area contributed by atoms with E-state index in [0.29, 0.717) is 23.6 Å². The van der Waals surface area contributed by atoms with Crippen LogP contribution in [0, 0.1) is 13.8 Å². The standard InChI is InChI=1S/C13H24N2O3S2/c1-6-14-7-12-10(3)18-11(4)13(12)20(16,17)15-9(2)8-19-5/h9,14-15H,6-8H2,1-5H3. The molecule has 0 amide bonds. The number of thioether (sulfide) groups is 1. The van der Waals surface area contributed by atoms with Gasteiger partial charge >= 0.3 is 0 Å². The van der Waals surface area contributed by atoms with Gasteiger partial charge in [0.2, 0.25) is 10.0 Å².